The van der Waals surface area contributed by atoms with E-state index in [1.54, 1.807) is 6.92 Å². The maximum atomic E-state index is 11.1. The molecule has 2 N–H and O–H groups in total. The molecule has 0 bridgehead atoms. The second kappa shape index (κ2) is 14.3. The van der Waals surface area contributed by atoms with Crippen molar-refractivity contribution < 1.29 is 4.79 Å². The van der Waals surface area contributed by atoms with Gasteiger partial charge in [-0.25, -0.2) is 0 Å². The minimum atomic E-state index is 0.255. The maximum Gasteiger partial charge on any atom is 0.130 e. The Bertz CT molecular complexity index is 560. The quantitative estimate of drug-likeness (QED) is 0.627. The van der Waals surface area contributed by atoms with Crippen LogP contribution in [-0.2, 0) is 4.79 Å². The van der Waals surface area contributed by atoms with Crippen molar-refractivity contribution in [2.45, 2.75) is 66.2 Å². The van der Waals surface area contributed by atoms with E-state index in [0.717, 1.165) is 18.5 Å². The van der Waals surface area contributed by atoms with Gasteiger partial charge in [-0.1, -0.05) is 81.6 Å². The fourth-order valence-corrected chi connectivity index (χ4v) is 2.38. The van der Waals surface area contributed by atoms with Gasteiger partial charge in [-0.3, -0.25) is 0 Å². The molecular formula is C23H35NO. The molecule has 0 fully saturated rings. The summed E-state index contributed by atoms with van der Waals surface area (Å²) in [6, 6.07) is 18.1. The molecule has 2 aromatic carbocycles. The number of hydrogen-bond acceptors (Lipinski definition) is 2. The second-order valence-corrected chi connectivity index (χ2v) is 6.42. The zero-order valence-corrected chi connectivity index (χ0v) is 16.6. The Hall–Kier alpha value is -2.09. The number of carbonyl (C=O) groups is 1. The summed E-state index contributed by atoms with van der Waals surface area (Å²) < 4.78 is 0. The highest BCUT2D eigenvalue weighted by molar-refractivity contribution is 5.76. The van der Waals surface area contributed by atoms with Gasteiger partial charge >= 0.3 is 0 Å². The van der Waals surface area contributed by atoms with E-state index >= 15 is 0 Å². The van der Waals surface area contributed by atoms with Crippen LogP contribution in [0.1, 0.15) is 70.4 Å². The number of nitrogens with two attached hydrogens (primary N) is 1. The first-order valence-electron chi connectivity index (χ1n) is 9.30. The standard InChI is InChI=1S/C13H19NO.C7H8.C3H8/c1-3-4-12(9-10(2)15)11-5-7-13(14)8-6-11;1-7-5-3-2-4-6-7;1-3-2/h5-8,12H,3-4,9,14H2,1-2H3;2-6H,1H3;3H2,1-2H3. The second-order valence-electron chi connectivity index (χ2n) is 6.42. The van der Waals surface area contributed by atoms with Gasteiger partial charge in [0, 0.05) is 12.1 Å². The van der Waals surface area contributed by atoms with Gasteiger partial charge in [0.2, 0.25) is 0 Å². The highest BCUT2D eigenvalue weighted by atomic mass is 16.1. The fraction of sp³-hybridized carbons (Fsp3) is 0.435. The van der Waals surface area contributed by atoms with E-state index in [4.69, 9.17) is 5.73 Å². The highest BCUT2D eigenvalue weighted by Gasteiger charge is 2.12. The number of Topliss-reactive ketones (excluding diaryl/α,β-unsaturated/α-hetero) is 1. The summed E-state index contributed by atoms with van der Waals surface area (Å²) in [7, 11) is 0. The van der Waals surface area contributed by atoms with Gasteiger partial charge in [0.25, 0.3) is 0 Å². The summed E-state index contributed by atoms with van der Waals surface area (Å²) in [5.74, 6) is 0.610. The van der Waals surface area contributed by atoms with Crippen LogP contribution in [0.25, 0.3) is 0 Å². The van der Waals surface area contributed by atoms with Gasteiger partial charge in [0.05, 0.1) is 0 Å². The van der Waals surface area contributed by atoms with E-state index in [1.165, 1.54) is 17.5 Å². The molecule has 1 unspecified atom stereocenters. The van der Waals surface area contributed by atoms with E-state index < -0.39 is 0 Å². The fourth-order valence-electron chi connectivity index (χ4n) is 2.38. The number of ketones is 1. The van der Waals surface area contributed by atoms with Crippen LogP contribution in [0.5, 0.6) is 0 Å². The number of carbonyl (C=O) groups excluding carboxylic acids is 1. The topological polar surface area (TPSA) is 43.1 Å². The average Bonchev–Trinajstić information content (AvgIpc) is 2.57. The molecule has 1 atom stereocenters. The van der Waals surface area contributed by atoms with Crippen molar-refractivity contribution in [3.05, 3.63) is 65.7 Å². The predicted molar refractivity (Wildman–Crippen MR) is 111 cm³/mol. The Morgan fingerprint density at radius 1 is 0.960 bits per heavy atom. The highest BCUT2D eigenvalue weighted by Crippen LogP contribution is 2.25. The molecule has 0 radical (unpaired) electrons. The SMILES string of the molecule is CCC.CCCC(CC(C)=O)c1ccc(N)cc1.Cc1ccccc1. The molecule has 2 rings (SSSR count). The normalized spacial score (nSPS) is 10.6. The lowest BCUT2D eigenvalue weighted by Crippen LogP contribution is -2.04. The van der Waals surface area contributed by atoms with Crippen LogP contribution < -0.4 is 5.73 Å². The van der Waals surface area contributed by atoms with Crippen LogP contribution in [0.15, 0.2) is 54.6 Å². The Balaban J connectivity index is 0.000000475. The van der Waals surface area contributed by atoms with Crippen molar-refractivity contribution in [3.8, 4) is 0 Å². The molecule has 0 saturated carbocycles. The van der Waals surface area contributed by atoms with Gasteiger partial charge in [-0.2, -0.15) is 0 Å². The smallest absolute Gasteiger partial charge is 0.130 e. The summed E-state index contributed by atoms with van der Waals surface area (Å²) in [6.07, 6.45) is 4.05. The van der Waals surface area contributed by atoms with Gasteiger partial charge in [0.1, 0.15) is 5.78 Å². The van der Waals surface area contributed by atoms with Crippen molar-refractivity contribution >= 4 is 11.5 Å². The molecule has 0 spiro atoms. The summed E-state index contributed by atoms with van der Waals surface area (Å²) >= 11 is 0. The number of hydrogen-bond donors (Lipinski definition) is 1. The van der Waals surface area contributed by atoms with Gasteiger partial charge in [-0.15, -0.1) is 0 Å². The average molecular weight is 342 g/mol. The molecule has 0 heterocycles. The van der Waals surface area contributed by atoms with Gasteiger partial charge in [-0.05, 0) is 43.9 Å². The molecule has 25 heavy (non-hydrogen) atoms. The van der Waals surface area contributed by atoms with Crippen molar-refractivity contribution in [2.75, 3.05) is 5.73 Å². The third kappa shape index (κ3) is 12.0. The number of benzene rings is 2. The molecule has 2 heteroatoms. The molecule has 0 aromatic heterocycles. The maximum absolute atomic E-state index is 11.1. The first-order valence-corrected chi connectivity index (χ1v) is 9.30. The van der Waals surface area contributed by atoms with E-state index in [-0.39, 0.29) is 5.78 Å². The van der Waals surface area contributed by atoms with Crippen molar-refractivity contribution in [2.24, 2.45) is 0 Å². The monoisotopic (exact) mass is 341 g/mol. The molecule has 0 aliphatic carbocycles. The van der Waals surface area contributed by atoms with Crippen LogP contribution in [0.3, 0.4) is 0 Å². The van der Waals surface area contributed by atoms with Crippen LogP contribution >= 0.6 is 0 Å². The Morgan fingerprint density at radius 3 is 1.84 bits per heavy atom. The summed E-state index contributed by atoms with van der Waals surface area (Å²) in [4.78, 5) is 11.1. The first-order chi connectivity index (χ1) is 11.9. The van der Waals surface area contributed by atoms with Gasteiger partial charge < -0.3 is 10.5 Å². The van der Waals surface area contributed by atoms with Crippen molar-refractivity contribution in [1.82, 2.24) is 0 Å². The summed E-state index contributed by atoms with van der Waals surface area (Å²) in [5, 5.41) is 0. The number of anilines is 1. The lowest BCUT2D eigenvalue weighted by Gasteiger charge is -2.15. The Labute approximate surface area is 154 Å². The minimum absolute atomic E-state index is 0.255. The molecule has 0 amide bonds. The minimum Gasteiger partial charge on any atom is -0.399 e. The number of rotatable bonds is 5. The molecule has 2 aromatic rings. The van der Waals surface area contributed by atoms with E-state index in [9.17, 15) is 4.79 Å². The lowest BCUT2D eigenvalue weighted by atomic mass is 9.90. The van der Waals surface area contributed by atoms with Gasteiger partial charge in [0.15, 0.2) is 0 Å². The molecular weight excluding hydrogens is 306 g/mol. The van der Waals surface area contributed by atoms with E-state index in [2.05, 4.69) is 39.8 Å². The third-order valence-electron chi connectivity index (χ3n) is 3.52. The number of aryl methyl sites for hydroxylation is 1. The number of nitrogen functional groups attached to an aromatic ring is 1. The summed E-state index contributed by atoms with van der Waals surface area (Å²) in [6.45, 7) is 10.1. The lowest BCUT2D eigenvalue weighted by molar-refractivity contribution is -0.117. The van der Waals surface area contributed by atoms with Crippen LogP contribution in [0.4, 0.5) is 5.69 Å². The zero-order chi connectivity index (χ0) is 19.1. The van der Waals surface area contributed by atoms with Crippen LogP contribution in [0.2, 0.25) is 0 Å². The Morgan fingerprint density at radius 2 is 1.48 bits per heavy atom. The first kappa shape index (κ1) is 22.9. The van der Waals surface area contributed by atoms with Crippen LogP contribution in [0, 0.1) is 6.92 Å². The largest absolute Gasteiger partial charge is 0.399 e. The van der Waals surface area contributed by atoms with E-state index in [0.29, 0.717) is 12.3 Å². The molecule has 0 saturated heterocycles. The molecule has 2 nitrogen and oxygen atoms in total. The van der Waals surface area contributed by atoms with Crippen molar-refractivity contribution in [3.63, 3.8) is 0 Å². The van der Waals surface area contributed by atoms with E-state index in [1.807, 2.05) is 42.5 Å². The Kier molecular flexibility index (Phi) is 13.1. The summed E-state index contributed by atoms with van der Waals surface area (Å²) in [5.41, 5.74) is 8.96. The molecule has 0 aliphatic heterocycles. The van der Waals surface area contributed by atoms with Crippen LogP contribution in [-0.4, -0.2) is 5.78 Å². The van der Waals surface area contributed by atoms with Crippen molar-refractivity contribution in [1.29, 1.82) is 0 Å². The molecule has 0 aliphatic rings. The predicted octanol–water partition coefficient (Wildman–Crippen LogP) is 6.54. The molecule has 138 valence electrons. The third-order valence-corrected chi connectivity index (χ3v) is 3.52. The zero-order valence-electron chi connectivity index (χ0n) is 16.6.